The maximum absolute atomic E-state index is 12.5. The fraction of sp³-hybridized carbons (Fsp3) is 0.588. The summed E-state index contributed by atoms with van der Waals surface area (Å²) in [4.78, 5) is 81.1. The van der Waals surface area contributed by atoms with Gasteiger partial charge in [-0.3, -0.25) is 28.8 Å². The van der Waals surface area contributed by atoms with Crippen molar-refractivity contribution in [3.8, 4) is 0 Å². The topological polar surface area (TPSA) is 263 Å². The lowest BCUT2D eigenvalue weighted by Crippen LogP contribution is -2.58. The summed E-state index contributed by atoms with van der Waals surface area (Å²) in [6.07, 6.45) is -1.07. The van der Waals surface area contributed by atoms with Crippen molar-refractivity contribution in [3.63, 3.8) is 0 Å². The lowest BCUT2D eigenvalue weighted by molar-refractivity contribution is -0.145. The van der Waals surface area contributed by atoms with Crippen molar-refractivity contribution in [3.05, 3.63) is 0 Å². The second-order valence-electron chi connectivity index (χ2n) is 6.70. The highest BCUT2D eigenvalue weighted by atomic mass is 32.2. The van der Waals surface area contributed by atoms with Crippen LogP contribution in [0.25, 0.3) is 0 Å². The fourth-order valence-corrected chi connectivity index (χ4v) is 2.84. The smallest absolute Gasteiger partial charge is 0.326 e. The summed E-state index contributed by atoms with van der Waals surface area (Å²) in [6, 6.07) is -6.61. The predicted octanol–water partition coefficient (Wildman–Crippen LogP) is -2.97. The summed E-state index contributed by atoms with van der Waals surface area (Å²) in [7, 11) is 0. The van der Waals surface area contributed by atoms with Crippen molar-refractivity contribution in [2.75, 3.05) is 12.0 Å². The summed E-state index contributed by atoms with van der Waals surface area (Å²) in [5.41, 5.74) is 5.36. The average molecular weight is 494 g/mol. The number of rotatable bonds is 16. The van der Waals surface area contributed by atoms with Crippen molar-refractivity contribution in [2.45, 2.75) is 49.9 Å². The number of carbonyl (C=O) groups is 7. The Kier molecular flexibility index (Phi) is 13.1. The molecule has 0 aliphatic heterocycles. The Balaban J connectivity index is 5.52. The van der Waals surface area contributed by atoms with Crippen molar-refractivity contribution >= 4 is 53.4 Å². The minimum atomic E-state index is -1.83. The molecule has 0 saturated carbocycles. The van der Waals surface area contributed by atoms with Crippen molar-refractivity contribution < 1.29 is 54.0 Å². The molecule has 0 aliphatic carbocycles. The second-order valence-corrected chi connectivity index (χ2v) is 7.69. The molecule has 0 fully saturated rings. The predicted molar refractivity (Wildman–Crippen MR) is 111 cm³/mol. The quantitative estimate of drug-likeness (QED) is 0.107. The number of carboxylic acid groups (broad SMARTS) is 4. The van der Waals surface area contributed by atoms with Crippen molar-refractivity contribution in [1.29, 1.82) is 0 Å². The van der Waals surface area contributed by atoms with Gasteiger partial charge in [-0.15, -0.1) is 0 Å². The molecule has 0 aromatic rings. The van der Waals surface area contributed by atoms with Gasteiger partial charge in [-0.05, 0) is 18.4 Å². The summed E-state index contributed by atoms with van der Waals surface area (Å²) in [6.45, 7) is 0. The van der Waals surface area contributed by atoms with Crippen molar-refractivity contribution in [1.82, 2.24) is 16.0 Å². The van der Waals surface area contributed by atoms with E-state index in [-0.39, 0.29) is 6.42 Å². The summed E-state index contributed by atoms with van der Waals surface area (Å²) >= 11 is 1.30. The molecule has 9 N–H and O–H groups in total. The van der Waals surface area contributed by atoms with Crippen LogP contribution in [0.2, 0.25) is 0 Å². The fourth-order valence-electron chi connectivity index (χ4n) is 2.37. The minimum absolute atomic E-state index is 0.00907. The largest absolute Gasteiger partial charge is 0.481 e. The lowest BCUT2D eigenvalue weighted by Gasteiger charge is -2.23. The van der Waals surface area contributed by atoms with Crippen LogP contribution in [0.15, 0.2) is 0 Å². The number of amides is 3. The molecule has 0 saturated heterocycles. The first-order chi connectivity index (χ1) is 15.3. The zero-order chi connectivity index (χ0) is 25.7. The van der Waals surface area contributed by atoms with Crippen LogP contribution in [0.4, 0.5) is 0 Å². The van der Waals surface area contributed by atoms with Crippen LogP contribution in [-0.4, -0.2) is 98.2 Å². The molecule has 0 aliphatic rings. The maximum atomic E-state index is 12.5. The van der Waals surface area contributed by atoms with Gasteiger partial charge in [-0.25, -0.2) is 4.79 Å². The first-order valence-corrected chi connectivity index (χ1v) is 10.7. The Morgan fingerprint density at radius 1 is 0.697 bits per heavy atom. The van der Waals surface area contributed by atoms with Gasteiger partial charge in [0.05, 0.1) is 25.3 Å². The van der Waals surface area contributed by atoms with Crippen LogP contribution < -0.4 is 21.7 Å². The van der Waals surface area contributed by atoms with E-state index in [9.17, 15) is 38.7 Å². The first kappa shape index (κ1) is 29.6. The van der Waals surface area contributed by atoms with Gasteiger partial charge in [-0.1, -0.05) is 0 Å². The molecule has 186 valence electrons. The summed E-state index contributed by atoms with van der Waals surface area (Å²) in [5.74, 6) is -9.13. The van der Waals surface area contributed by atoms with E-state index < -0.39 is 85.0 Å². The molecule has 33 heavy (non-hydrogen) atoms. The molecular formula is C17H26N4O11S. The van der Waals surface area contributed by atoms with Crippen LogP contribution in [0.1, 0.15) is 25.7 Å². The van der Waals surface area contributed by atoms with E-state index in [0.717, 1.165) is 0 Å². The number of nitrogens with two attached hydrogens (primary N) is 1. The molecule has 0 aromatic heterocycles. The Morgan fingerprint density at radius 2 is 1.09 bits per heavy atom. The molecular weight excluding hydrogens is 468 g/mol. The van der Waals surface area contributed by atoms with Crippen LogP contribution in [0.5, 0.6) is 0 Å². The Hall–Kier alpha value is -3.40. The van der Waals surface area contributed by atoms with Gasteiger partial charge in [0.15, 0.2) is 0 Å². The van der Waals surface area contributed by atoms with Crippen LogP contribution in [-0.2, 0) is 33.6 Å². The third kappa shape index (κ3) is 12.3. The SMILES string of the molecule is CSCCC(NC(=O)C(CC(=O)O)NC(=O)C(CC(=O)O)NC(=O)C(N)CC(=O)O)C(=O)O. The standard InChI is InChI=1S/C17H26N4O11S/c1-33-3-2-8(17(31)32)19-15(29)10(6-13(26)27)21-16(30)9(5-12(24)25)20-14(28)7(18)4-11(22)23/h7-10H,2-6,18H2,1H3,(H,19,29)(H,20,28)(H,21,30)(H,22,23)(H,24,25)(H,26,27)(H,31,32). The van der Waals surface area contributed by atoms with Gasteiger partial charge in [0.2, 0.25) is 17.7 Å². The molecule has 0 rings (SSSR count). The maximum Gasteiger partial charge on any atom is 0.326 e. The van der Waals surface area contributed by atoms with E-state index in [2.05, 4.69) is 5.32 Å². The zero-order valence-electron chi connectivity index (χ0n) is 17.5. The van der Waals surface area contributed by atoms with E-state index >= 15 is 0 Å². The van der Waals surface area contributed by atoms with Crippen LogP contribution in [0.3, 0.4) is 0 Å². The Labute approximate surface area is 191 Å². The van der Waals surface area contributed by atoms with Gasteiger partial charge in [0.25, 0.3) is 0 Å². The number of thioether (sulfide) groups is 1. The van der Waals surface area contributed by atoms with E-state index in [1.165, 1.54) is 11.8 Å². The van der Waals surface area contributed by atoms with Gasteiger partial charge in [0.1, 0.15) is 18.1 Å². The number of hydrogen-bond acceptors (Lipinski definition) is 9. The summed E-state index contributed by atoms with van der Waals surface area (Å²) in [5, 5.41) is 41.9. The molecule has 16 heteroatoms. The van der Waals surface area contributed by atoms with Gasteiger partial charge >= 0.3 is 23.9 Å². The molecule has 0 aromatic carbocycles. The Bertz CT molecular complexity index is 776. The molecule has 4 unspecified atom stereocenters. The zero-order valence-corrected chi connectivity index (χ0v) is 18.3. The van der Waals surface area contributed by atoms with Crippen LogP contribution in [0, 0.1) is 0 Å². The normalized spacial score (nSPS) is 14.1. The van der Waals surface area contributed by atoms with E-state index in [1.54, 1.807) is 6.26 Å². The van der Waals surface area contributed by atoms with E-state index in [4.69, 9.17) is 21.1 Å². The number of aliphatic carboxylic acids is 4. The highest BCUT2D eigenvalue weighted by molar-refractivity contribution is 7.98. The average Bonchev–Trinajstić information content (AvgIpc) is 2.68. The molecule has 0 bridgehead atoms. The molecule has 0 heterocycles. The number of nitrogens with one attached hydrogen (secondary N) is 3. The van der Waals surface area contributed by atoms with Crippen LogP contribution >= 0.6 is 11.8 Å². The minimum Gasteiger partial charge on any atom is -0.481 e. The lowest BCUT2D eigenvalue weighted by atomic mass is 10.1. The van der Waals surface area contributed by atoms with E-state index in [0.29, 0.717) is 5.75 Å². The highest BCUT2D eigenvalue weighted by Gasteiger charge is 2.32. The van der Waals surface area contributed by atoms with Crippen molar-refractivity contribution in [2.24, 2.45) is 5.73 Å². The Morgan fingerprint density at radius 3 is 1.45 bits per heavy atom. The molecule has 3 amide bonds. The van der Waals surface area contributed by atoms with Gasteiger partial charge in [-0.2, -0.15) is 11.8 Å². The van der Waals surface area contributed by atoms with E-state index in [1.807, 2.05) is 10.6 Å². The van der Waals surface area contributed by atoms with Gasteiger partial charge < -0.3 is 42.1 Å². The molecule has 4 atom stereocenters. The summed E-state index contributed by atoms with van der Waals surface area (Å²) < 4.78 is 0. The number of hydrogen-bond donors (Lipinski definition) is 8. The molecule has 0 spiro atoms. The second kappa shape index (κ2) is 14.6. The molecule has 0 radical (unpaired) electrons. The van der Waals surface area contributed by atoms with Gasteiger partial charge in [0, 0.05) is 0 Å². The third-order valence-electron chi connectivity index (χ3n) is 3.98. The number of carboxylic acids is 4. The highest BCUT2D eigenvalue weighted by Crippen LogP contribution is 2.04. The first-order valence-electron chi connectivity index (χ1n) is 9.32. The molecule has 15 nitrogen and oxygen atoms in total. The monoisotopic (exact) mass is 494 g/mol. The number of carbonyl (C=O) groups excluding carboxylic acids is 3. The third-order valence-corrected chi connectivity index (χ3v) is 4.62.